The Labute approximate surface area is 161 Å². The molecule has 8 nitrogen and oxygen atoms in total. The van der Waals surface area contributed by atoms with Gasteiger partial charge in [0.1, 0.15) is 0 Å². The summed E-state index contributed by atoms with van der Waals surface area (Å²) < 4.78 is 34.0. The van der Waals surface area contributed by atoms with Gasteiger partial charge in [0, 0.05) is 44.8 Å². The van der Waals surface area contributed by atoms with E-state index < -0.39 is 10.2 Å². The fourth-order valence-electron chi connectivity index (χ4n) is 3.43. The van der Waals surface area contributed by atoms with Gasteiger partial charge in [0.25, 0.3) is 16.1 Å². The second-order valence-corrected chi connectivity index (χ2v) is 9.33. The predicted molar refractivity (Wildman–Crippen MR) is 102 cm³/mol. The van der Waals surface area contributed by atoms with Crippen LogP contribution in [0.1, 0.15) is 42.2 Å². The average Bonchev–Trinajstić information content (AvgIpc) is 3.17. The Morgan fingerprint density at radius 2 is 2.04 bits per heavy atom. The number of amides is 1. The first-order valence-corrected chi connectivity index (χ1v) is 10.9. The zero-order valence-corrected chi connectivity index (χ0v) is 16.7. The summed E-state index contributed by atoms with van der Waals surface area (Å²) in [4.78, 5) is 17.0. The second-order valence-electron chi connectivity index (χ2n) is 7.40. The molecule has 0 aromatic carbocycles. The van der Waals surface area contributed by atoms with Gasteiger partial charge in [-0.2, -0.15) is 17.0 Å². The van der Waals surface area contributed by atoms with Crippen molar-refractivity contribution in [3.8, 4) is 0 Å². The minimum atomic E-state index is -3.50. The molecule has 0 aliphatic carbocycles. The molecule has 1 amide bonds. The van der Waals surface area contributed by atoms with Gasteiger partial charge in [-0.1, -0.05) is 13.8 Å². The van der Waals surface area contributed by atoms with Crippen LogP contribution in [0.2, 0.25) is 0 Å². The molecule has 1 aromatic rings. The van der Waals surface area contributed by atoms with Gasteiger partial charge in [0.15, 0.2) is 0 Å². The van der Waals surface area contributed by atoms with Gasteiger partial charge in [-0.25, -0.2) is 0 Å². The number of ether oxygens (including phenoxy) is 1. The van der Waals surface area contributed by atoms with Crippen molar-refractivity contribution in [2.24, 2.45) is 5.92 Å². The van der Waals surface area contributed by atoms with Gasteiger partial charge in [-0.05, 0) is 24.5 Å². The summed E-state index contributed by atoms with van der Waals surface area (Å²) in [5.41, 5.74) is 1.22. The Hall–Kier alpha value is -1.55. The first-order valence-electron chi connectivity index (χ1n) is 9.45. The van der Waals surface area contributed by atoms with Crippen LogP contribution < -0.4 is 5.32 Å². The Balaban J connectivity index is 1.72. The molecule has 3 heterocycles. The number of nitrogens with one attached hydrogen (secondary N) is 1. The number of carbonyl (C=O) groups excluding carboxylic acids is 1. The third-order valence-corrected chi connectivity index (χ3v) is 6.92. The molecule has 0 spiro atoms. The highest BCUT2D eigenvalue weighted by atomic mass is 32.2. The average molecular weight is 397 g/mol. The monoisotopic (exact) mass is 396 g/mol. The highest BCUT2D eigenvalue weighted by Crippen LogP contribution is 2.30. The quantitative estimate of drug-likeness (QED) is 0.769. The maximum absolute atomic E-state index is 12.9. The van der Waals surface area contributed by atoms with Crippen LogP contribution in [0, 0.1) is 5.92 Å². The summed E-state index contributed by atoms with van der Waals surface area (Å²) in [6.45, 7) is 7.08. The van der Waals surface area contributed by atoms with Crippen LogP contribution in [0.25, 0.3) is 0 Å². The molecule has 9 heteroatoms. The zero-order chi connectivity index (χ0) is 19.4. The number of pyridine rings is 1. The summed E-state index contributed by atoms with van der Waals surface area (Å²) >= 11 is 0. The smallest absolute Gasteiger partial charge is 0.282 e. The summed E-state index contributed by atoms with van der Waals surface area (Å²) in [7, 11) is -3.50. The number of carbonyl (C=O) groups is 1. The van der Waals surface area contributed by atoms with Crippen LogP contribution in [0.3, 0.4) is 0 Å². The Morgan fingerprint density at radius 1 is 1.30 bits per heavy atom. The van der Waals surface area contributed by atoms with Crippen LogP contribution >= 0.6 is 0 Å². The molecule has 2 aliphatic rings. The molecular formula is C18H28N4O4S. The number of morpholine rings is 1. The molecule has 1 atom stereocenters. The third kappa shape index (κ3) is 4.66. The molecule has 0 bridgehead atoms. The van der Waals surface area contributed by atoms with Crippen LogP contribution in [0.4, 0.5) is 0 Å². The van der Waals surface area contributed by atoms with E-state index in [1.807, 2.05) is 13.8 Å². The van der Waals surface area contributed by atoms with Crippen molar-refractivity contribution in [1.82, 2.24) is 18.9 Å². The second kappa shape index (κ2) is 8.64. The minimum Gasteiger partial charge on any atom is -0.379 e. The van der Waals surface area contributed by atoms with E-state index in [-0.39, 0.29) is 11.8 Å². The molecule has 0 radical (unpaired) electrons. The van der Waals surface area contributed by atoms with E-state index in [0.29, 0.717) is 69.5 Å². The lowest BCUT2D eigenvalue weighted by Gasteiger charge is -2.30. The number of rotatable bonds is 6. The number of hydrogen-bond acceptors (Lipinski definition) is 5. The van der Waals surface area contributed by atoms with Crippen LogP contribution in [-0.2, 0) is 14.9 Å². The topological polar surface area (TPSA) is 91.8 Å². The summed E-state index contributed by atoms with van der Waals surface area (Å²) in [5.74, 6) is 0.123. The number of aromatic nitrogens is 1. The molecule has 27 heavy (non-hydrogen) atoms. The molecule has 1 unspecified atom stereocenters. The minimum absolute atomic E-state index is 0.0817. The lowest BCUT2D eigenvalue weighted by Crippen LogP contribution is -2.47. The van der Waals surface area contributed by atoms with Gasteiger partial charge in [0.2, 0.25) is 0 Å². The number of hydrogen-bond donors (Lipinski definition) is 1. The van der Waals surface area contributed by atoms with Crippen molar-refractivity contribution in [2.45, 2.75) is 26.2 Å². The van der Waals surface area contributed by atoms with Crippen molar-refractivity contribution >= 4 is 16.1 Å². The molecule has 1 aromatic heterocycles. The van der Waals surface area contributed by atoms with E-state index >= 15 is 0 Å². The number of nitrogens with zero attached hydrogens (tertiary/aromatic N) is 3. The molecule has 1 N–H and O–H groups in total. The van der Waals surface area contributed by atoms with Gasteiger partial charge >= 0.3 is 0 Å². The fraction of sp³-hybridized carbons (Fsp3) is 0.667. The van der Waals surface area contributed by atoms with Crippen LogP contribution in [-0.4, -0.2) is 73.9 Å². The van der Waals surface area contributed by atoms with Crippen molar-refractivity contribution in [3.05, 3.63) is 29.6 Å². The first-order chi connectivity index (χ1) is 12.9. The van der Waals surface area contributed by atoms with Gasteiger partial charge < -0.3 is 10.1 Å². The fourth-order valence-corrected chi connectivity index (χ4v) is 5.07. The Bertz CT molecular complexity index is 762. The maximum atomic E-state index is 12.9. The predicted octanol–water partition coefficient (Wildman–Crippen LogP) is 0.834. The standard InChI is InChI=1S/C18H28N4O4S/c1-14(2)12-20-18(23)16-4-3-6-19-17(16)15-5-7-22(13-15)27(24,25)21-8-10-26-11-9-21/h3-4,6,14-15H,5,7-13H2,1-2H3,(H,20,23). The van der Waals surface area contributed by atoms with E-state index in [1.54, 1.807) is 18.3 Å². The molecule has 0 saturated carbocycles. The van der Waals surface area contributed by atoms with Gasteiger partial charge in [-0.15, -0.1) is 0 Å². The van der Waals surface area contributed by atoms with E-state index in [4.69, 9.17) is 4.74 Å². The normalized spacial score (nSPS) is 22.3. The molecular weight excluding hydrogens is 368 g/mol. The lowest BCUT2D eigenvalue weighted by atomic mass is 9.98. The molecule has 150 valence electrons. The Kier molecular flexibility index (Phi) is 6.46. The van der Waals surface area contributed by atoms with E-state index in [0.717, 1.165) is 0 Å². The Morgan fingerprint density at radius 3 is 2.74 bits per heavy atom. The van der Waals surface area contributed by atoms with Crippen LogP contribution in [0.5, 0.6) is 0 Å². The lowest BCUT2D eigenvalue weighted by molar-refractivity contribution is 0.0705. The van der Waals surface area contributed by atoms with Crippen molar-refractivity contribution < 1.29 is 17.9 Å². The van der Waals surface area contributed by atoms with Crippen molar-refractivity contribution in [2.75, 3.05) is 45.9 Å². The van der Waals surface area contributed by atoms with Crippen molar-refractivity contribution in [1.29, 1.82) is 0 Å². The van der Waals surface area contributed by atoms with Crippen LogP contribution in [0.15, 0.2) is 18.3 Å². The third-order valence-electron chi connectivity index (χ3n) is 4.91. The van der Waals surface area contributed by atoms with E-state index in [9.17, 15) is 13.2 Å². The highest BCUT2D eigenvalue weighted by molar-refractivity contribution is 7.86. The zero-order valence-electron chi connectivity index (χ0n) is 15.9. The van der Waals surface area contributed by atoms with Gasteiger partial charge in [0.05, 0.1) is 24.5 Å². The molecule has 2 saturated heterocycles. The van der Waals surface area contributed by atoms with E-state index in [1.165, 1.54) is 8.61 Å². The summed E-state index contributed by atoms with van der Waals surface area (Å²) in [5, 5.41) is 2.92. The largest absolute Gasteiger partial charge is 0.379 e. The van der Waals surface area contributed by atoms with Crippen molar-refractivity contribution in [3.63, 3.8) is 0 Å². The summed E-state index contributed by atoms with van der Waals surface area (Å²) in [6, 6.07) is 3.50. The summed E-state index contributed by atoms with van der Waals surface area (Å²) in [6.07, 6.45) is 2.32. The van der Waals surface area contributed by atoms with Gasteiger partial charge in [-0.3, -0.25) is 9.78 Å². The SMILES string of the molecule is CC(C)CNC(=O)c1cccnc1C1CCN(S(=O)(=O)N2CCOCC2)C1. The molecule has 2 fully saturated rings. The highest BCUT2D eigenvalue weighted by Gasteiger charge is 2.38. The molecule has 3 rings (SSSR count). The maximum Gasteiger partial charge on any atom is 0.282 e. The molecule has 2 aliphatic heterocycles. The van der Waals surface area contributed by atoms with E-state index in [2.05, 4.69) is 10.3 Å². The first kappa shape index (κ1) is 20.2.